The summed E-state index contributed by atoms with van der Waals surface area (Å²) < 4.78 is 6.42. The van der Waals surface area contributed by atoms with Gasteiger partial charge in [0.25, 0.3) is 5.56 Å². The second kappa shape index (κ2) is 6.36. The van der Waals surface area contributed by atoms with E-state index < -0.39 is 11.1 Å². The van der Waals surface area contributed by atoms with Gasteiger partial charge in [0.05, 0.1) is 5.41 Å². The molecular formula is C14H20N2O4. The molecule has 0 aliphatic rings. The van der Waals surface area contributed by atoms with E-state index in [0.29, 0.717) is 12.1 Å². The average molecular weight is 280 g/mol. The summed E-state index contributed by atoms with van der Waals surface area (Å²) in [7, 11) is 0. The van der Waals surface area contributed by atoms with Gasteiger partial charge in [-0.3, -0.25) is 19.1 Å². The fraction of sp³-hybridized carbons (Fsp3) is 0.500. The summed E-state index contributed by atoms with van der Waals surface area (Å²) in [6.07, 6.45) is 4.86. The van der Waals surface area contributed by atoms with Gasteiger partial charge >= 0.3 is 11.7 Å². The number of H-pyrrole nitrogens is 1. The van der Waals surface area contributed by atoms with Crippen molar-refractivity contribution >= 4 is 5.97 Å². The molecule has 0 fully saturated rings. The van der Waals surface area contributed by atoms with Gasteiger partial charge < -0.3 is 4.74 Å². The van der Waals surface area contributed by atoms with Gasteiger partial charge in [-0.05, 0) is 33.8 Å². The molecule has 0 aliphatic heterocycles. The Bertz CT molecular complexity index is 617. The normalized spacial score (nSPS) is 11.8. The van der Waals surface area contributed by atoms with Crippen LogP contribution in [0.3, 0.4) is 0 Å². The second-order valence-corrected chi connectivity index (χ2v) is 5.54. The highest BCUT2D eigenvalue weighted by Crippen LogP contribution is 2.14. The van der Waals surface area contributed by atoms with Crippen molar-refractivity contribution < 1.29 is 9.53 Å². The zero-order valence-corrected chi connectivity index (χ0v) is 12.2. The number of hydrogen-bond acceptors (Lipinski definition) is 4. The summed E-state index contributed by atoms with van der Waals surface area (Å²) in [5.74, 6) is -0.279. The number of aromatic amines is 1. The molecule has 0 spiro atoms. The van der Waals surface area contributed by atoms with Gasteiger partial charge in [0.15, 0.2) is 0 Å². The molecule has 6 heteroatoms. The summed E-state index contributed by atoms with van der Waals surface area (Å²) in [6, 6.07) is 0. The Morgan fingerprint density at radius 3 is 2.60 bits per heavy atom. The van der Waals surface area contributed by atoms with Gasteiger partial charge in [0.1, 0.15) is 6.61 Å². The van der Waals surface area contributed by atoms with E-state index >= 15 is 0 Å². The maximum Gasteiger partial charge on any atom is 0.328 e. The number of hydrogen-bond donors (Lipinski definition) is 1. The first-order valence-electron chi connectivity index (χ1n) is 6.34. The van der Waals surface area contributed by atoms with Crippen LogP contribution >= 0.6 is 0 Å². The highest BCUT2D eigenvalue weighted by Gasteiger charge is 2.22. The molecule has 0 amide bonds. The molecule has 6 nitrogen and oxygen atoms in total. The first kappa shape index (κ1) is 15.9. The molecule has 0 aromatic carbocycles. The van der Waals surface area contributed by atoms with E-state index in [1.54, 1.807) is 39.8 Å². The number of nitrogens with zero attached hydrogens (tertiary/aromatic N) is 1. The highest BCUT2D eigenvalue weighted by molar-refractivity contribution is 5.75. The molecule has 1 rings (SSSR count). The first-order chi connectivity index (χ1) is 9.21. The molecule has 1 aromatic heterocycles. The van der Waals surface area contributed by atoms with Gasteiger partial charge in [-0.1, -0.05) is 6.08 Å². The molecule has 110 valence electrons. The van der Waals surface area contributed by atoms with Crippen molar-refractivity contribution in [3.63, 3.8) is 0 Å². The van der Waals surface area contributed by atoms with E-state index in [1.807, 2.05) is 0 Å². The molecule has 0 aliphatic carbocycles. The lowest BCUT2D eigenvalue weighted by Gasteiger charge is -2.15. The molecule has 20 heavy (non-hydrogen) atoms. The molecule has 0 atom stereocenters. The van der Waals surface area contributed by atoms with Crippen molar-refractivity contribution in [1.29, 1.82) is 0 Å². The Morgan fingerprint density at radius 2 is 2.00 bits per heavy atom. The van der Waals surface area contributed by atoms with E-state index in [9.17, 15) is 14.4 Å². The molecule has 0 bridgehead atoms. The number of carbonyl (C=O) groups is 1. The molecule has 0 saturated carbocycles. The van der Waals surface area contributed by atoms with Crippen molar-refractivity contribution in [3.8, 4) is 0 Å². The summed E-state index contributed by atoms with van der Waals surface area (Å²) in [6.45, 7) is 7.44. The zero-order chi connectivity index (χ0) is 15.3. The fourth-order valence-electron chi connectivity index (χ4n) is 1.35. The molecule has 0 radical (unpaired) electrons. The number of nitrogens with one attached hydrogen (secondary N) is 1. The van der Waals surface area contributed by atoms with Crippen molar-refractivity contribution in [2.24, 2.45) is 5.41 Å². The maximum absolute atomic E-state index is 11.5. The van der Waals surface area contributed by atoms with E-state index in [2.05, 4.69) is 4.98 Å². The van der Waals surface area contributed by atoms with Gasteiger partial charge in [0, 0.05) is 18.3 Å². The predicted molar refractivity (Wildman–Crippen MR) is 75.6 cm³/mol. The molecule has 1 aromatic rings. The Morgan fingerprint density at radius 1 is 1.35 bits per heavy atom. The Labute approximate surface area is 117 Å². The van der Waals surface area contributed by atoms with Crippen LogP contribution in [0.4, 0.5) is 0 Å². The number of carbonyl (C=O) groups excluding carboxylic acids is 1. The van der Waals surface area contributed by atoms with Crippen LogP contribution in [0.25, 0.3) is 0 Å². The van der Waals surface area contributed by atoms with Gasteiger partial charge in [-0.15, -0.1) is 0 Å². The van der Waals surface area contributed by atoms with Crippen LogP contribution in [-0.2, 0) is 16.1 Å². The SMILES string of the molecule is Cc1cn(C/C=C/COC(=O)C(C)(C)C)c(=O)[nH]c1=O. The van der Waals surface area contributed by atoms with E-state index in [4.69, 9.17) is 4.74 Å². The molecular weight excluding hydrogens is 260 g/mol. The van der Waals surface area contributed by atoms with Gasteiger partial charge in [0.2, 0.25) is 0 Å². The monoisotopic (exact) mass is 280 g/mol. The van der Waals surface area contributed by atoms with Crippen LogP contribution in [-0.4, -0.2) is 22.1 Å². The highest BCUT2D eigenvalue weighted by atomic mass is 16.5. The lowest BCUT2D eigenvalue weighted by molar-refractivity contribution is -0.151. The predicted octanol–water partition coefficient (Wildman–Crippen LogP) is 0.991. The molecule has 0 unspecified atom stereocenters. The first-order valence-corrected chi connectivity index (χ1v) is 6.34. The summed E-state index contributed by atoms with van der Waals surface area (Å²) in [4.78, 5) is 36.4. The number of allylic oxidation sites excluding steroid dienone is 1. The maximum atomic E-state index is 11.5. The minimum atomic E-state index is -0.527. The topological polar surface area (TPSA) is 81.2 Å². The molecule has 1 heterocycles. The van der Waals surface area contributed by atoms with Crippen LogP contribution in [0, 0.1) is 12.3 Å². The third-order valence-corrected chi connectivity index (χ3v) is 2.58. The lowest BCUT2D eigenvalue weighted by Crippen LogP contribution is -2.30. The Hall–Kier alpha value is -2.11. The van der Waals surface area contributed by atoms with E-state index in [-0.39, 0.29) is 18.1 Å². The van der Waals surface area contributed by atoms with Crippen molar-refractivity contribution in [2.45, 2.75) is 34.2 Å². The number of ether oxygens (including phenoxy) is 1. The molecule has 1 N–H and O–H groups in total. The van der Waals surface area contributed by atoms with Gasteiger partial charge in [-0.25, -0.2) is 4.79 Å². The lowest BCUT2D eigenvalue weighted by atomic mass is 9.97. The number of esters is 1. The van der Waals surface area contributed by atoms with Crippen LogP contribution < -0.4 is 11.2 Å². The smallest absolute Gasteiger partial charge is 0.328 e. The zero-order valence-electron chi connectivity index (χ0n) is 12.2. The van der Waals surface area contributed by atoms with E-state index in [1.165, 1.54) is 10.8 Å². The van der Waals surface area contributed by atoms with Crippen LogP contribution in [0.5, 0.6) is 0 Å². The third kappa shape index (κ3) is 4.53. The summed E-state index contributed by atoms with van der Waals surface area (Å²) in [5.41, 5.74) is -0.899. The summed E-state index contributed by atoms with van der Waals surface area (Å²) >= 11 is 0. The minimum absolute atomic E-state index is 0.160. The van der Waals surface area contributed by atoms with Crippen LogP contribution in [0.1, 0.15) is 26.3 Å². The second-order valence-electron chi connectivity index (χ2n) is 5.54. The third-order valence-electron chi connectivity index (χ3n) is 2.58. The van der Waals surface area contributed by atoms with Crippen LogP contribution in [0.15, 0.2) is 27.9 Å². The standard InChI is InChI=1S/C14H20N2O4/c1-10-9-16(13(19)15-11(10)17)7-5-6-8-20-12(18)14(2,3)4/h5-6,9H,7-8H2,1-4H3,(H,15,17,19)/b6-5+. The number of aryl methyl sites for hydroxylation is 1. The molecule has 0 saturated heterocycles. The van der Waals surface area contributed by atoms with E-state index in [0.717, 1.165) is 0 Å². The fourth-order valence-corrected chi connectivity index (χ4v) is 1.35. The van der Waals surface area contributed by atoms with Crippen molar-refractivity contribution in [1.82, 2.24) is 9.55 Å². The number of rotatable bonds is 4. The Balaban J connectivity index is 2.55. The van der Waals surface area contributed by atoms with Crippen molar-refractivity contribution in [3.05, 3.63) is 44.8 Å². The quantitative estimate of drug-likeness (QED) is 0.658. The van der Waals surface area contributed by atoms with Gasteiger partial charge in [-0.2, -0.15) is 0 Å². The van der Waals surface area contributed by atoms with Crippen LogP contribution in [0.2, 0.25) is 0 Å². The minimum Gasteiger partial charge on any atom is -0.461 e. The Kier molecular flexibility index (Phi) is 5.07. The summed E-state index contributed by atoms with van der Waals surface area (Å²) in [5, 5.41) is 0. The van der Waals surface area contributed by atoms with Crippen molar-refractivity contribution in [2.75, 3.05) is 6.61 Å². The number of aromatic nitrogens is 2. The average Bonchev–Trinajstić information content (AvgIpc) is 2.33. The largest absolute Gasteiger partial charge is 0.461 e.